The number of ether oxygens (including phenoxy) is 1. The van der Waals surface area contributed by atoms with E-state index in [-0.39, 0.29) is 12.4 Å². The first-order valence-corrected chi connectivity index (χ1v) is 9.06. The van der Waals surface area contributed by atoms with E-state index in [9.17, 15) is 8.78 Å². The van der Waals surface area contributed by atoms with Gasteiger partial charge in [-0.3, -0.25) is 0 Å². The third kappa shape index (κ3) is 5.01. The summed E-state index contributed by atoms with van der Waals surface area (Å²) in [5, 5.41) is 2.98. The topological polar surface area (TPSA) is 79.9 Å². The minimum Gasteiger partial charge on any atom is -0.472 e. The molecule has 0 radical (unpaired) electrons. The molecule has 0 aliphatic carbocycles. The third-order valence-electron chi connectivity index (χ3n) is 3.83. The Labute approximate surface area is 154 Å². The summed E-state index contributed by atoms with van der Waals surface area (Å²) in [4.78, 5) is 17.1. The Morgan fingerprint density at radius 3 is 2.81 bits per heavy atom. The molecule has 0 amide bonds. The number of anilines is 1. The summed E-state index contributed by atoms with van der Waals surface area (Å²) in [6, 6.07) is 4.99. The number of guanidine groups is 1. The summed E-state index contributed by atoms with van der Waals surface area (Å²) in [7, 11) is 0. The second kappa shape index (κ2) is 8.75. The molecule has 2 aromatic rings. The molecule has 3 rings (SSSR count). The predicted octanol–water partition coefficient (Wildman–Crippen LogP) is 1.82. The lowest BCUT2D eigenvalue weighted by molar-refractivity contribution is 0.0795. The van der Waals surface area contributed by atoms with Crippen LogP contribution in [0.25, 0.3) is 0 Å². The molecule has 3 heterocycles. The van der Waals surface area contributed by atoms with Crippen molar-refractivity contribution in [1.82, 2.24) is 14.9 Å². The lowest BCUT2D eigenvalue weighted by atomic mass is 10.3. The molecule has 1 saturated heterocycles. The van der Waals surface area contributed by atoms with Crippen molar-refractivity contribution in [3.05, 3.63) is 35.5 Å². The average Bonchev–Trinajstić information content (AvgIpc) is 3.20. The van der Waals surface area contributed by atoms with Gasteiger partial charge in [-0.05, 0) is 6.07 Å². The van der Waals surface area contributed by atoms with Crippen LogP contribution in [-0.4, -0.2) is 60.0 Å². The Morgan fingerprint density at radius 2 is 2.12 bits per heavy atom. The van der Waals surface area contributed by atoms with Crippen LogP contribution in [0, 0.1) is 0 Å². The second-order valence-corrected chi connectivity index (χ2v) is 6.51. The molecule has 2 aromatic heterocycles. The highest BCUT2D eigenvalue weighted by atomic mass is 32.1. The van der Waals surface area contributed by atoms with E-state index in [1.165, 1.54) is 6.07 Å². The zero-order valence-corrected chi connectivity index (χ0v) is 14.9. The summed E-state index contributed by atoms with van der Waals surface area (Å²) in [5.74, 6) is 0.609. The lowest BCUT2D eigenvalue weighted by Gasteiger charge is -2.35. The normalized spacial score (nSPS) is 15.6. The number of hydrogen-bond acceptors (Lipinski definition) is 6. The number of alkyl halides is 2. The molecule has 0 spiro atoms. The Hall–Kier alpha value is -2.49. The average molecular weight is 382 g/mol. The maximum atomic E-state index is 12.2. The Kier molecular flexibility index (Phi) is 6.16. The number of halogens is 2. The van der Waals surface area contributed by atoms with Crippen LogP contribution < -0.4 is 15.4 Å². The van der Waals surface area contributed by atoms with Crippen molar-refractivity contribution in [2.45, 2.75) is 13.0 Å². The fraction of sp³-hybridized carbons (Fsp3) is 0.438. The van der Waals surface area contributed by atoms with Crippen molar-refractivity contribution in [3.63, 3.8) is 0 Å². The molecule has 0 aromatic carbocycles. The Bertz CT molecular complexity index is 719. The number of pyridine rings is 1. The first-order chi connectivity index (χ1) is 12.6. The predicted molar refractivity (Wildman–Crippen MR) is 97.0 cm³/mol. The molecule has 1 aliphatic heterocycles. The molecule has 10 heteroatoms. The van der Waals surface area contributed by atoms with Crippen LogP contribution in [0.5, 0.6) is 5.88 Å². The van der Waals surface area contributed by atoms with Crippen molar-refractivity contribution in [3.8, 4) is 5.88 Å². The number of rotatable bonds is 6. The molecule has 0 saturated carbocycles. The van der Waals surface area contributed by atoms with Gasteiger partial charge in [0.25, 0.3) is 6.43 Å². The highest BCUT2D eigenvalue weighted by molar-refractivity contribution is 7.13. The summed E-state index contributed by atoms with van der Waals surface area (Å²) >= 11 is 1.62. The van der Waals surface area contributed by atoms with Gasteiger partial charge in [0.05, 0.1) is 12.2 Å². The van der Waals surface area contributed by atoms with Crippen molar-refractivity contribution in [2.75, 3.05) is 37.7 Å². The van der Waals surface area contributed by atoms with Crippen LogP contribution in [0.15, 0.2) is 34.8 Å². The largest absolute Gasteiger partial charge is 0.472 e. The van der Waals surface area contributed by atoms with Gasteiger partial charge >= 0.3 is 0 Å². The molecular weight excluding hydrogens is 362 g/mol. The van der Waals surface area contributed by atoms with E-state index in [1.54, 1.807) is 29.7 Å². The van der Waals surface area contributed by atoms with E-state index < -0.39 is 13.0 Å². The maximum absolute atomic E-state index is 12.2. The standard InChI is InChI=1S/C16H20F2N6OS/c17-13(18)11-25-14-3-1-2-12(22-14)10-21-15(19)23-5-7-24(8-6-23)16-20-4-9-26-16/h1-4,9,13H,5-8,10-11H2,(H2,19,21). The van der Waals surface area contributed by atoms with Gasteiger partial charge in [-0.25, -0.2) is 23.7 Å². The Balaban J connectivity index is 1.51. The molecule has 7 nitrogen and oxygen atoms in total. The van der Waals surface area contributed by atoms with Crippen molar-refractivity contribution >= 4 is 22.4 Å². The van der Waals surface area contributed by atoms with Crippen LogP contribution in [0.4, 0.5) is 13.9 Å². The molecular formula is C16H20F2N6OS. The number of thiazole rings is 1. The van der Waals surface area contributed by atoms with E-state index in [4.69, 9.17) is 10.5 Å². The second-order valence-electron chi connectivity index (χ2n) is 5.63. The molecule has 26 heavy (non-hydrogen) atoms. The summed E-state index contributed by atoms with van der Waals surface area (Å²) in [5.41, 5.74) is 6.70. The number of hydrogen-bond donors (Lipinski definition) is 1. The number of aliphatic imine (C=N–C) groups is 1. The van der Waals surface area contributed by atoms with Gasteiger partial charge in [-0.2, -0.15) is 0 Å². The van der Waals surface area contributed by atoms with E-state index >= 15 is 0 Å². The van der Waals surface area contributed by atoms with Gasteiger partial charge < -0.3 is 20.3 Å². The molecule has 1 fully saturated rings. The van der Waals surface area contributed by atoms with Gasteiger partial charge in [0.15, 0.2) is 17.7 Å². The van der Waals surface area contributed by atoms with Crippen LogP contribution in [-0.2, 0) is 6.54 Å². The van der Waals surface area contributed by atoms with Crippen LogP contribution in [0.1, 0.15) is 5.69 Å². The molecule has 0 unspecified atom stereocenters. The van der Waals surface area contributed by atoms with Gasteiger partial charge in [-0.1, -0.05) is 6.07 Å². The van der Waals surface area contributed by atoms with E-state index in [1.807, 2.05) is 10.3 Å². The summed E-state index contributed by atoms with van der Waals surface area (Å²) < 4.78 is 29.3. The van der Waals surface area contributed by atoms with Gasteiger partial charge in [0.2, 0.25) is 5.88 Å². The monoisotopic (exact) mass is 382 g/mol. The molecule has 0 bridgehead atoms. The minimum atomic E-state index is -2.53. The van der Waals surface area contributed by atoms with Crippen LogP contribution in [0.3, 0.4) is 0 Å². The van der Waals surface area contributed by atoms with Crippen molar-refractivity contribution in [2.24, 2.45) is 10.7 Å². The highest BCUT2D eigenvalue weighted by Crippen LogP contribution is 2.18. The van der Waals surface area contributed by atoms with Gasteiger partial charge in [0.1, 0.15) is 0 Å². The first kappa shape index (κ1) is 18.3. The minimum absolute atomic E-state index is 0.161. The number of piperazine rings is 1. The lowest BCUT2D eigenvalue weighted by Crippen LogP contribution is -2.51. The van der Waals surface area contributed by atoms with E-state index in [0.717, 1.165) is 31.3 Å². The van der Waals surface area contributed by atoms with Gasteiger partial charge in [0, 0.05) is 43.8 Å². The maximum Gasteiger partial charge on any atom is 0.272 e. The smallest absolute Gasteiger partial charge is 0.272 e. The number of nitrogens with zero attached hydrogens (tertiary/aromatic N) is 5. The molecule has 140 valence electrons. The fourth-order valence-electron chi connectivity index (χ4n) is 2.54. The van der Waals surface area contributed by atoms with Gasteiger partial charge in [-0.15, -0.1) is 11.3 Å². The molecule has 1 aliphatic rings. The van der Waals surface area contributed by atoms with Crippen LogP contribution >= 0.6 is 11.3 Å². The number of nitrogens with two attached hydrogens (primary N) is 1. The zero-order valence-electron chi connectivity index (χ0n) is 14.1. The molecule has 2 N–H and O–H groups in total. The SMILES string of the molecule is NC(=NCc1cccc(OCC(F)F)n1)N1CCN(c2nccs2)CC1. The van der Waals surface area contributed by atoms with E-state index in [2.05, 4.69) is 19.9 Å². The summed E-state index contributed by atoms with van der Waals surface area (Å²) in [6.07, 6.45) is -0.730. The number of aromatic nitrogens is 2. The molecule has 0 atom stereocenters. The third-order valence-corrected chi connectivity index (χ3v) is 4.67. The Morgan fingerprint density at radius 1 is 1.31 bits per heavy atom. The van der Waals surface area contributed by atoms with E-state index in [0.29, 0.717) is 11.7 Å². The highest BCUT2D eigenvalue weighted by Gasteiger charge is 2.19. The van der Waals surface area contributed by atoms with Crippen LogP contribution in [0.2, 0.25) is 0 Å². The quantitative estimate of drug-likeness (QED) is 0.606. The zero-order chi connectivity index (χ0) is 18.4. The van der Waals surface area contributed by atoms with Crippen molar-refractivity contribution in [1.29, 1.82) is 0 Å². The first-order valence-electron chi connectivity index (χ1n) is 8.18. The summed E-state index contributed by atoms with van der Waals surface area (Å²) in [6.45, 7) is 2.78. The van der Waals surface area contributed by atoms with Crippen molar-refractivity contribution < 1.29 is 13.5 Å². The fourth-order valence-corrected chi connectivity index (χ4v) is 3.23.